The standard InChI is InChI=1S/C15H18FNOS/c1-11(8-12-4-2-3-5-14(12)16)17-9-15(18)13-6-7-19-10-13/h2-7,10-11,15,17-18H,8-9H2,1H3. The van der Waals surface area contributed by atoms with Gasteiger partial charge in [0.25, 0.3) is 0 Å². The first-order chi connectivity index (χ1) is 9.16. The largest absolute Gasteiger partial charge is 0.387 e. The Bertz CT molecular complexity index is 501. The van der Waals surface area contributed by atoms with Crippen LogP contribution in [-0.2, 0) is 6.42 Å². The van der Waals surface area contributed by atoms with Crippen LogP contribution in [0.3, 0.4) is 0 Å². The van der Waals surface area contributed by atoms with Crippen LogP contribution in [0.5, 0.6) is 0 Å². The van der Waals surface area contributed by atoms with Crippen molar-refractivity contribution < 1.29 is 9.50 Å². The van der Waals surface area contributed by atoms with E-state index in [4.69, 9.17) is 0 Å². The highest BCUT2D eigenvalue weighted by Gasteiger charge is 2.11. The molecule has 0 fully saturated rings. The highest BCUT2D eigenvalue weighted by atomic mass is 32.1. The van der Waals surface area contributed by atoms with Gasteiger partial charge < -0.3 is 10.4 Å². The Kier molecular flexibility index (Phi) is 5.07. The van der Waals surface area contributed by atoms with Crippen molar-refractivity contribution in [2.75, 3.05) is 6.54 Å². The lowest BCUT2D eigenvalue weighted by molar-refractivity contribution is 0.171. The molecule has 2 atom stereocenters. The quantitative estimate of drug-likeness (QED) is 0.851. The summed E-state index contributed by atoms with van der Waals surface area (Å²) in [6.45, 7) is 2.47. The Hall–Kier alpha value is -1.23. The van der Waals surface area contributed by atoms with Gasteiger partial charge in [0, 0.05) is 12.6 Å². The molecule has 0 radical (unpaired) electrons. The number of rotatable bonds is 6. The molecular formula is C15H18FNOS. The van der Waals surface area contributed by atoms with Crippen molar-refractivity contribution in [3.63, 3.8) is 0 Å². The van der Waals surface area contributed by atoms with Crippen molar-refractivity contribution in [3.05, 3.63) is 58.0 Å². The van der Waals surface area contributed by atoms with E-state index >= 15 is 0 Å². The second kappa shape index (κ2) is 6.80. The predicted octanol–water partition coefficient (Wildman–Crippen LogP) is 3.14. The van der Waals surface area contributed by atoms with Gasteiger partial charge in [-0.3, -0.25) is 0 Å². The van der Waals surface area contributed by atoms with E-state index in [1.807, 2.05) is 29.8 Å². The third-order valence-electron chi connectivity index (χ3n) is 3.07. The molecule has 0 aliphatic carbocycles. The third-order valence-corrected chi connectivity index (χ3v) is 3.77. The highest BCUT2D eigenvalue weighted by Crippen LogP contribution is 2.15. The summed E-state index contributed by atoms with van der Waals surface area (Å²) in [4.78, 5) is 0. The molecule has 0 aliphatic rings. The van der Waals surface area contributed by atoms with Gasteiger partial charge >= 0.3 is 0 Å². The molecule has 19 heavy (non-hydrogen) atoms. The summed E-state index contributed by atoms with van der Waals surface area (Å²) in [6, 6.07) is 8.83. The van der Waals surface area contributed by atoms with Gasteiger partial charge in [-0.15, -0.1) is 0 Å². The second-order valence-corrected chi connectivity index (χ2v) is 5.46. The summed E-state index contributed by atoms with van der Waals surface area (Å²) < 4.78 is 13.5. The van der Waals surface area contributed by atoms with Gasteiger partial charge in [-0.05, 0) is 47.4 Å². The maximum atomic E-state index is 13.5. The lowest BCUT2D eigenvalue weighted by Gasteiger charge is -2.17. The fraction of sp³-hybridized carbons (Fsp3) is 0.333. The molecule has 0 saturated heterocycles. The Balaban J connectivity index is 1.82. The van der Waals surface area contributed by atoms with Crippen LogP contribution < -0.4 is 5.32 Å². The summed E-state index contributed by atoms with van der Waals surface area (Å²) in [5.74, 6) is -0.172. The number of hydrogen-bond donors (Lipinski definition) is 2. The van der Waals surface area contributed by atoms with E-state index in [-0.39, 0.29) is 11.9 Å². The van der Waals surface area contributed by atoms with Gasteiger partial charge in [0.2, 0.25) is 0 Å². The van der Waals surface area contributed by atoms with Crippen molar-refractivity contribution in [3.8, 4) is 0 Å². The van der Waals surface area contributed by atoms with Crippen LogP contribution in [0.25, 0.3) is 0 Å². The molecule has 2 unspecified atom stereocenters. The summed E-state index contributed by atoms with van der Waals surface area (Å²) in [6.07, 6.45) is 0.109. The summed E-state index contributed by atoms with van der Waals surface area (Å²) in [7, 11) is 0. The minimum absolute atomic E-state index is 0.116. The van der Waals surface area contributed by atoms with E-state index in [0.717, 1.165) is 5.56 Å². The SMILES string of the molecule is CC(Cc1ccccc1F)NCC(O)c1ccsc1. The van der Waals surface area contributed by atoms with Gasteiger partial charge in [-0.25, -0.2) is 4.39 Å². The zero-order valence-electron chi connectivity index (χ0n) is 10.8. The second-order valence-electron chi connectivity index (χ2n) is 4.68. The number of aliphatic hydroxyl groups excluding tert-OH is 1. The number of thiophene rings is 1. The molecule has 1 aromatic heterocycles. The molecule has 1 heterocycles. The van der Waals surface area contributed by atoms with E-state index in [2.05, 4.69) is 5.32 Å². The van der Waals surface area contributed by atoms with E-state index in [1.165, 1.54) is 6.07 Å². The molecule has 2 N–H and O–H groups in total. The minimum atomic E-state index is -0.505. The smallest absolute Gasteiger partial charge is 0.126 e. The number of benzene rings is 1. The topological polar surface area (TPSA) is 32.3 Å². The monoisotopic (exact) mass is 279 g/mol. The van der Waals surface area contributed by atoms with Crippen LogP contribution in [0.4, 0.5) is 4.39 Å². The van der Waals surface area contributed by atoms with Gasteiger partial charge in [-0.1, -0.05) is 18.2 Å². The predicted molar refractivity (Wildman–Crippen MR) is 76.8 cm³/mol. The molecule has 0 spiro atoms. The molecular weight excluding hydrogens is 261 g/mol. The Morgan fingerprint density at radius 2 is 2.11 bits per heavy atom. The Morgan fingerprint density at radius 3 is 2.79 bits per heavy atom. The van der Waals surface area contributed by atoms with Gasteiger partial charge in [0.15, 0.2) is 0 Å². The van der Waals surface area contributed by atoms with Crippen LogP contribution in [0, 0.1) is 5.82 Å². The van der Waals surface area contributed by atoms with Gasteiger partial charge in [0.1, 0.15) is 5.82 Å². The molecule has 2 rings (SSSR count). The lowest BCUT2D eigenvalue weighted by atomic mass is 10.1. The van der Waals surface area contributed by atoms with Crippen molar-refractivity contribution in [2.24, 2.45) is 0 Å². The van der Waals surface area contributed by atoms with Gasteiger partial charge in [-0.2, -0.15) is 11.3 Å². The van der Waals surface area contributed by atoms with E-state index in [9.17, 15) is 9.50 Å². The third kappa shape index (κ3) is 4.13. The molecule has 0 bridgehead atoms. The molecule has 4 heteroatoms. The molecule has 0 aliphatic heterocycles. The fourth-order valence-corrected chi connectivity index (χ4v) is 2.67. The first kappa shape index (κ1) is 14.2. The zero-order valence-corrected chi connectivity index (χ0v) is 11.7. The zero-order chi connectivity index (χ0) is 13.7. The van der Waals surface area contributed by atoms with Crippen LogP contribution in [0.15, 0.2) is 41.1 Å². The first-order valence-corrected chi connectivity index (χ1v) is 7.28. The number of nitrogens with one attached hydrogen (secondary N) is 1. The van der Waals surface area contributed by atoms with Crippen molar-refractivity contribution >= 4 is 11.3 Å². The summed E-state index contributed by atoms with van der Waals surface area (Å²) >= 11 is 1.57. The number of halogens is 1. The van der Waals surface area contributed by atoms with E-state index in [1.54, 1.807) is 23.5 Å². The molecule has 102 valence electrons. The Morgan fingerprint density at radius 1 is 1.32 bits per heavy atom. The van der Waals surface area contributed by atoms with Crippen LogP contribution in [0.1, 0.15) is 24.2 Å². The van der Waals surface area contributed by atoms with E-state index in [0.29, 0.717) is 18.5 Å². The molecule has 1 aromatic carbocycles. The summed E-state index contributed by atoms with van der Waals surface area (Å²) in [5.41, 5.74) is 1.63. The van der Waals surface area contributed by atoms with Crippen LogP contribution in [-0.4, -0.2) is 17.7 Å². The van der Waals surface area contributed by atoms with Crippen LogP contribution >= 0.6 is 11.3 Å². The average Bonchev–Trinajstić information content (AvgIpc) is 2.93. The fourth-order valence-electron chi connectivity index (χ4n) is 1.96. The van der Waals surface area contributed by atoms with E-state index < -0.39 is 6.10 Å². The summed E-state index contributed by atoms with van der Waals surface area (Å²) in [5, 5.41) is 17.1. The molecule has 2 nitrogen and oxygen atoms in total. The maximum Gasteiger partial charge on any atom is 0.126 e. The molecule has 2 aromatic rings. The lowest BCUT2D eigenvalue weighted by Crippen LogP contribution is -2.32. The molecule has 0 saturated carbocycles. The van der Waals surface area contributed by atoms with Crippen molar-refractivity contribution in [1.82, 2.24) is 5.32 Å². The van der Waals surface area contributed by atoms with Crippen molar-refractivity contribution in [2.45, 2.75) is 25.5 Å². The Labute approximate surface area is 116 Å². The molecule has 0 amide bonds. The highest BCUT2D eigenvalue weighted by molar-refractivity contribution is 7.07. The number of aliphatic hydroxyl groups is 1. The van der Waals surface area contributed by atoms with Gasteiger partial charge in [0.05, 0.1) is 6.10 Å². The normalized spacial score (nSPS) is 14.3. The first-order valence-electron chi connectivity index (χ1n) is 6.33. The minimum Gasteiger partial charge on any atom is -0.387 e. The number of hydrogen-bond acceptors (Lipinski definition) is 3. The van der Waals surface area contributed by atoms with Crippen LogP contribution in [0.2, 0.25) is 0 Å². The van der Waals surface area contributed by atoms with Crippen molar-refractivity contribution in [1.29, 1.82) is 0 Å². The average molecular weight is 279 g/mol. The maximum absolute atomic E-state index is 13.5.